The molecule has 0 spiro atoms. The molecule has 2 aromatic carbocycles. The zero-order valence-electron chi connectivity index (χ0n) is 13.5. The predicted octanol–water partition coefficient (Wildman–Crippen LogP) is 4.91. The van der Waals surface area contributed by atoms with E-state index in [4.69, 9.17) is 4.74 Å². The number of hydrogen-bond donors (Lipinski definition) is 1. The highest BCUT2D eigenvalue weighted by molar-refractivity contribution is 9.10. The molecular formula is C19H19BrN2OS. The Morgan fingerprint density at radius 3 is 2.75 bits per heavy atom. The minimum absolute atomic E-state index is 0.800. The van der Waals surface area contributed by atoms with Crippen molar-refractivity contribution in [1.82, 2.24) is 10.3 Å². The van der Waals surface area contributed by atoms with Crippen LogP contribution >= 0.6 is 27.3 Å². The van der Waals surface area contributed by atoms with Gasteiger partial charge in [0.25, 0.3) is 0 Å². The Kier molecular flexibility index (Phi) is 6.01. The van der Waals surface area contributed by atoms with Crippen LogP contribution in [0.4, 0.5) is 0 Å². The smallest absolute Gasteiger partial charge is 0.118 e. The zero-order valence-corrected chi connectivity index (χ0v) is 15.9. The van der Waals surface area contributed by atoms with E-state index in [0.29, 0.717) is 0 Å². The molecule has 3 nitrogen and oxygen atoms in total. The lowest BCUT2D eigenvalue weighted by atomic mass is 10.1. The van der Waals surface area contributed by atoms with Gasteiger partial charge in [-0.1, -0.05) is 40.2 Å². The molecule has 5 heteroatoms. The highest BCUT2D eigenvalue weighted by Crippen LogP contribution is 2.28. The Labute approximate surface area is 154 Å². The SMILES string of the molecule is COc1ccc(CCNCc2ncc(-c3cccc(Br)c3)s2)cc1. The maximum Gasteiger partial charge on any atom is 0.118 e. The quantitative estimate of drug-likeness (QED) is 0.569. The van der Waals surface area contributed by atoms with Crippen molar-refractivity contribution >= 4 is 27.3 Å². The van der Waals surface area contributed by atoms with E-state index >= 15 is 0 Å². The number of hydrogen-bond acceptors (Lipinski definition) is 4. The first kappa shape index (κ1) is 17.1. The van der Waals surface area contributed by atoms with E-state index in [-0.39, 0.29) is 0 Å². The van der Waals surface area contributed by atoms with Gasteiger partial charge in [-0.2, -0.15) is 0 Å². The Hall–Kier alpha value is -1.69. The molecule has 0 aliphatic rings. The zero-order chi connectivity index (χ0) is 16.8. The summed E-state index contributed by atoms with van der Waals surface area (Å²) >= 11 is 5.25. The Morgan fingerprint density at radius 2 is 2.00 bits per heavy atom. The average Bonchev–Trinajstić information content (AvgIpc) is 3.08. The van der Waals surface area contributed by atoms with Crippen LogP contribution in [0.5, 0.6) is 5.75 Å². The van der Waals surface area contributed by atoms with Crippen molar-refractivity contribution in [2.24, 2.45) is 0 Å². The summed E-state index contributed by atoms with van der Waals surface area (Å²) in [6, 6.07) is 16.5. The van der Waals surface area contributed by atoms with Crippen LogP contribution in [-0.2, 0) is 13.0 Å². The third-order valence-corrected chi connectivity index (χ3v) is 5.23. The first-order chi connectivity index (χ1) is 11.7. The highest BCUT2D eigenvalue weighted by atomic mass is 79.9. The van der Waals surface area contributed by atoms with Crippen LogP contribution in [0.2, 0.25) is 0 Å². The molecule has 1 heterocycles. The second kappa shape index (κ2) is 8.42. The van der Waals surface area contributed by atoms with E-state index in [1.54, 1.807) is 18.4 Å². The number of rotatable bonds is 7. The van der Waals surface area contributed by atoms with Gasteiger partial charge >= 0.3 is 0 Å². The van der Waals surface area contributed by atoms with Crippen LogP contribution in [0.25, 0.3) is 10.4 Å². The number of halogens is 1. The summed E-state index contributed by atoms with van der Waals surface area (Å²) in [5, 5.41) is 4.57. The fourth-order valence-corrected chi connectivity index (χ4v) is 3.67. The van der Waals surface area contributed by atoms with Crippen LogP contribution in [0.1, 0.15) is 10.6 Å². The molecule has 0 saturated heterocycles. The minimum atomic E-state index is 0.800. The molecule has 0 unspecified atom stereocenters. The molecule has 0 saturated carbocycles. The summed E-state index contributed by atoms with van der Waals surface area (Å²) in [5.74, 6) is 0.898. The second-order valence-electron chi connectivity index (χ2n) is 5.40. The number of methoxy groups -OCH3 is 1. The van der Waals surface area contributed by atoms with Crippen LogP contribution in [0, 0.1) is 0 Å². The first-order valence-electron chi connectivity index (χ1n) is 7.79. The van der Waals surface area contributed by atoms with Crippen molar-refractivity contribution in [1.29, 1.82) is 0 Å². The van der Waals surface area contributed by atoms with E-state index in [1.807, 2.05) is 30.5 Å². The summed E-state index contributed by atoms with van der Waals surface area (Å²) in [7, 11) is 1.69. The topological polar surface area (TPSA) is 34.1 Å². The van der Waals surface area contributed by atoms with Crippen LogP contribution in [0.15, 0.2) is 59.2 Å². The molecule has 124 valence electrons. The maximum absolute atomic E-state index is 5.17. The fourth-order valence-electron chi connectivity index (χ4n) is 2.39. The number of nitrogens with one attached hydrogen (secondary N) is 1. The van der Waals surface area contributed by atoms with Crippen molar-refractivity contribution in [3.63, 3.8) is 0 Å². The van der Waals surface area contributed by atoms with Crippen molar-refractivity contribution in [2.45, 2.75) is 13.0 Å². The molecule has 0 aliphatic carbocycles. The molecule has 0 atom stereocenters. The van der Waals surface area contributed by atoms with Crippen LogP contribution in [0.3, 0.4) is 0 Å². The number of nitrogens with zero attached hydrogens (tertiary/aromatic N) is 1. The van der Waals surface area contributed by atoms with Gasteiger partial charge in [0.2, 0.25) is 0 Å². The van der Waals surface area contributed by atoms with Crippen LogP contribution < -0.4 is 10.1 Å². The van der Waals surface area contributed by atoms with Crippen molar-refractivity contribution < 1.29 is 4.74 Å². The standard InChI is InChI=1S/C19H19BrN2OS/c1-23-17-7-5-14(6-8-17)9-10-21-13-19-22-12-18(24-19)15-3-2-4-16(20)11-15/h2-8,11-12,21H,9-10,13H2,1H3. The minimum Gasteiger partial charge on any atom is -0.497 e. The highest BCUT2D eigenvalue weighted by Gasteiger charge is 2.05. The van der Waals surface area contributed by atoms with Gasteiger partial charge in [-0.05, 0) is 48.4 Å². The van der Waals surface area contributed by atoms with Crippen LogP contribution in [-0.4, -0.2) is 18.6 Å². The number of benzene rings is 2. The van der Waals surface area contributed by atoms with Gasteiger partial charge in [-0.15, -0.1) is 11.3 Å². The van der Waals surface area contributed by atoms with Crippen molar-refractivity contribution in [2.75, 3.05) is 13.7 Å². The first-order valence-corrected chi connectivity index (χ1v) is 9.40. The van der Waals surface area contributed by atoms with Gasteiger partial charge in [0.1, 0.15) is 10.8 Å². The Morgan fingerprint density at radius 1 is 1.17 bits per heavy atom. The lowest BCUT2D eigenvalue weighted by Gasteiger charge is -2.04. The summed E-state index contributed by atoms with van der Waals surface area (Å²) < 4.78 is 6.26. The number of ether oxygens (including phenoxy) is 1. The Bertz CT molecular complexity index is 786. The lowest BCUT2D eigenvalue weighted by Crippen LogP contribution is -2.16. The normalized spacial score (nSPS) is 10.8. The number of aromatic nitrogens is 1. The summed E-state index contributed by atoms with van der Waals surface area (Å²) in [4.78, 5) is 5.71. The van der Waals surface area contributed by atoms with E-state index in [0.717, 1.165) is 34.7 Å². The largest absolute Gasteiger partial charge is 0.497 e. The second-order valence-corrected chi connectivity index (χ2v) is 7.43. The van der Waals surface area contributed by atoms with Crippen molar-refractivity contribution in [3.05, 3.63) is 69.8 Å². The maximum atomic E-state index is 5.17. The molecule has 0 aliphatic heterocycles. The van der Waals surface area contributed by atoms with Gasteiger partial charge in [0.05, 0.1) is 12.0 Å². The monoisotopic (exact) mass is 402 g/mol. The Balaban J connectivity index is 1.48. The van der Waals surface area contributed by atoms with Gasteiger partial charge < -0.3 is 10.1 Å². The summed E-state index contributed by atoms with van der Waals surface area (Å²) in [6.45, 7) is 1.73. The van der Waals surface area contributed by atoms with Crippen molar-refractivity contribution in [3.8, 4) is 16.2 Å². The van der Waals surface area contributed by atoms with Gasteiger partial charge in [0, 0.05) is 17.2 Å². The van der Waals surface area contributed by atoms with E-state index in [1.165, 1.54) is 16.0 Å². The lowest BCUT2D eigenvalue weighted by molar-refractivity contribution is 0.414. The predicted molar refractivity (Wildman–Crippen MR) is 104 cm³/mol. The molecule has 0 fully saturated rings. The molecule has 24 heavy (non-hydrogen) atoms. The fraction of sp³-hybridized carbons (Fsp3) is 0.211. The molecule has 0 bridgehead atoms. The van der Waals surface area contributed by atoms with Gasteiger partial charge in [-0.3, -0.25) is 0 Å². The van der Waals surface area contributed by atoms with E-state index in [9.17, 15) is 0 Å². The third kappa shape index (κ3) is 4.66. The summed E-state index contributed by atoms with van der Waals surface area (Å²) in [6.07, 6.45) is 2.95. The molecule has 3 rings (SSSR count). The molecule has 3 aromatic rings. The van der Waals surface area contributed by atoms with Gasteiger partial charge in [0.15, 0.2) is 0 Å². The summed E-state index contributed by atoms with van der Waals surface area (Å²) in [5.41, 5.74) is 2.50. The number of thiazole rings is 1. The molecule has 0 radical (unpaired) electrons. The van der Waals surface area contributed by atoms with E-state index in [2.05, 4.69) is 50.5 Å². The average molecular weight is 403 g/mol. The third-order valence-electron chi connectivity index (χ3n) is 3.69. The molecule has 1 N–H and O–H groups in total. The van der Waals surface area contributed by atoms with E-state index < -0.39 is 0 Å². The molecule has 1 aromatic heterocycles. The van der Waals surface area contributed by atoms with Gasteiger partial charge in [-0.25, -0.2) is 4.98 Å². The molecular weight excluding hydrogens is 384 g/mol. The molecule has 0 amide bonds.